The second kappa shape index (κ2) is 6.16. The van der Waals surface area contributed by atoms with Gasteiger partial charge in [0.05, 0.1) is 5.69 Å². The summed E-state index contributed by atoms with van der Waals surface area (Å²) in [5, 5.41) is 0.521. The lowest BCUT2D eigenvalue weighted by molar-refractivity contribution is -0.117. The Labute approximate surface area is 135 Å². The van der Waals surface area contributed by atoms with Crippen LogP contribution in [-0.4, -0.2) is 18.5 Å². The molecule has 1 aromatic rings. The molecule has 1 atom stereocenters. The number of benzene rings is 1. The van der Waals surface area contributed by atoms with E-state index in [4.69, 9.17) is 22.1 Å². The van der Waals surface area contributed by atoms with E-state index in [1.165, 1.54) is 0 Å². The summed E-state index contributed by atoms with van der Waals surface area (Å²) in [6, 6.07) is 5.27. The highest BCUT2D eigenvalue weighted by molar-refractivity contribution is 6.30. The van der Waals surface area contributed by atoms with Crippen LogP contribution in [0.4, 0.5) is 10.5 Å². The molecule has 1 aliphatic rings. The van der Waals surface area contributed by atoms with Gasteiger partial charge in [-0.15, -0.1) is 0 Å². The maximum atomic E-state index is 12.1. The van der Waals surface area contributed by atoms with Crippen LogP contribution in [-0.2, 0) is 9.53 Å². The van der Waals surface area contributed by atoms with Gasteiger partial charge in [-0.1, -0.05) is 32.4 Å². The van der Waals surface area contributed by atoms with Crippen LogP contribution >= 0.6 is 11.6 Å². The summed E-state index contributed by atoms with van der Waals surface area (Å²) in [7, 11) is 0. The lowest BCUT2D eigenvalue weighted by atomic mass is 9.83. The maximum Gasteiger partial charge on any atom is 0.405 e. The summed E-state index contributed by atoms with van der Waals surface area (Å²) in [6.07, 6.45) is -0.0952. The van der Waals surface area contributed by atoms with Gasteiger partial charge >= 0.3 is 6.09 Å². The lowest BCUT2D eigenvalue weighted by Crippen LogP contribution is -2.31. The SMILES string of the molecule is CC(C)(C)C(OC(N)=O)c1cc(Cl)ccc1N1CCCC1=O. The predicted molar refractivity (Wildman–Crippen MR) is 85.9 cm³/mol. The topological polar surface area (TPSA) is 72.6 Å². The Morgan fingerprint density at radius 3 is 2.59 bits per heavy atom. The maximum absolute atomic E-state index is 12.1. The van der Waals surface area contributed by atoms with E-state index in [1.54, 1.807) is 23.1 Å². The Kier molecular flexibility index (Phi) is 4.66. The van der Waals surface area contributed by atoms with E-state index >= 15 is 0 Å². The molecule has 1 aromatic carbocycles. The van der Waals surface area contributed by atoms with E-state index in [0.29, 0.717) is 23.6 Å². The van der Waals surface area contributed by atoms with E-state index in [1.807, 2.05) is 20.8 Å². The summed E-state index contributed by atoms with van der Waals surface area (Å²) >= 11 is 6.12. The van der Waals surface area contributed by atoms with E-state index in [9.17, 15) is 9.59 Å². The molecule has 22 heavy (non-hydrogen) atoms. The third-order valence-corrected chi connectivity index (χ3v) is 3.89. The molecule has 0 radical (unpaired) electrons. The van der Waals surface area contributed by atoms with Crippen molar-refractivity contribution in [1.29, 1.82) is 0 Å². The molecule has 0 aliphatic carbocycles. The van der Waals surface area contributed by atoms with Gasteiger partial charge in [-0.25, -0.2) is 4.79 Å². The average Bonchev–Trinajstić information content (AvgIpc) is 2.80. The van der Waals surface area contributed by atoms with Crippen LogP contribution in [0.15, 0.2) is 18.2 Å². The van der Waals surface area contributed by atoms with Gasteiger partial charge in [0, 0.05) is 29.0 Å². The number of rotatable bonds is 3. The minimum atomic E-state index is -0.849. The fourth-order valence-corrected chi connectivity index (χ4v) is 2.89. The van der Waals surface area contributed by atoms with Crippen molar-refractivity contribution in [3.63, 3.8) is 0 Å². The third kappa shape index (κ3) is 3.53. The fourth-order valence-electron chi connectivity index (χ4n) is 2.71. The molecule has 2 rings (SSSR count). The largest absolute Gasteiger partial charge is 0.441 e. The second-order valence-corrected chi connectivity index (χ2v) is 6.97. The zero-order chi connectivity index (χ0) is 16.5. The first-order valence-corrected chi connectivity index (χ1v) is 7.64. The van der Waals surface area contributed by atoms with Crippen molar-refractivity contribution in [1.82, 2.24) is 0 Å². The monoisotopic (exact) mass is 324 g/mol. The predicted octanol–water partition coefficient (Wildman–Crippen LogP) is 3.65. The number of ether oxygens (including phenoxy) is 1. The van der Waals surface area contributed by atoms with Crippen molar-refractivity contribution in [3.8, 4) is 0 Å². The van der Waals surface area contributed by atoms with Gasteiger partial charge in [-0.2, -0.15) is 0 Å². The van der Waals surface area contributed by atoms with Crippen molar-refractivity contribution in [2.24, 2.45) is 11.1 Å². The minimum absolute atomic E-state index is 0.0651. The molecular formula is C16H21ClN2O3. The molecule has 1 aliphatic heterocycles. The van der Waals surface area contributed by atoms with Gasteiger partial charge in [0.25, 0.3) is 0 Å². The van der Waals surface area contributed by atoms with E-state index in [2.05, 4.69) is 0 Å². The Morgan fingerprint density at radius 2 is 2.09 bits per heavy atom. The van der Waals surface area contributed by atoms with E-state index < -0.39 is 17.6 Å². The molecule has 0 aromatic heterocycles. The molecule has 0 spiro atoms. The van der Waals surface area contributed by atoms with Crippen LogP contribution in [0.1, 0.15) is 45.3 Å². The van der Waals surface area contributed by atoms with Gasteiger partial charge in [-0.05, 0) is 24.6 Å². The van der Waals surface area contributed by atoms with Crippen LogP contribution in [0.2, 0.25) is 5.02 Å². The summed E-state index contributed by atoms with van der Waals surface area (Å²) in [6.45, 7) is 6.48. The van der Waals surface area contributed by atoms with Crippen LogP contribution in [0.3, 0.4) is 0 Å². The molecule has 2 N–H and O–H groups in total. The van der Waals surface area contributed by atoms with E-state index in [-0.39, 0.29) is 5.91 Å². The van der Waals surface area contributed by atoms with Gasteiger partial charge < -0.3 is 15.4 Å². The summed E-state index contributed by atoms with van der Waals surface area (Å²) < 4.78 is 5.33. The third-order valence-electron chi connectivity index (χ3n) is 3.66. The molecular weight excluding hydrogens is 304 g/mol. The zero-order valence-corrected chi connectivity index (χ0v) is 13.8. The summed E-state index contributed by atoms with van der Waals surface area (Å²) in [5.41, 5.74) is 6.26. The summed E-state index contributed by atoms with van der Waals surface area (Å²) in [5.74, 6) is 0.0651. The summed E-state index contributed by atoms with van der Waals surface area (Å²) in [4.78, 5) is 25.1. The highest BCUT2D eigenvalue weighted by atomic mass is 35.5. The number of nitrogens with zero attached hydrogens (tertiary/aromatic N) is 1. The smallest absolute Gasteiger partial charge is 0.405 e. The van der Waals surface area contributed by atoms with Gasteiger partial charge in [0.1, 0.15) is 6.10 Å². The molecule has 1 unspecified atom stereocenters. The van der Waals surface area contributed by atoms with Gasteiger partial charge in [0.15, 0.2) is 0 Å². The van der Waals surface area contributed by atoms with Crippen molar-refractivity contribution in [2.75, 3.05) is 11.4 Å². The van der Waals surface area contributed by atoms with Crippen molar-refractivity contribution < 1.29 is 14.3 Å². The van der Waals surface area contributed by atoms with Gasteiger partial charge in [0.2, 0.25) is 5.91 Å². The molecule has 0 saturated carbocycles. The number of carbonyl (C=O) groups is 2. The molecule has 6 heteroatoms. The quantitative estimate of drug-likeness (QED) is 0.922. The number of hydrogen-bond donors (Lipinski definition) is 1. The highest BCUT2D eigenvalue weighted by Gasteiger charge is 2.34. The lowest BCUT2D eigenvalue weighted by Gasteiger charge is -2.33. The molecule has 0 bridgehead atoms. The van der Waals surface area contributed by atoms with Crippen molar-refractivity contribution >= 4 is 29.3 Å². The Balaban J connectivity index is 2.53. The molecule has 2 amide bonds. The van der Waals surface area contributed by atoms with Crippen molar-refractivity contribution in [3.05, 3.63) is 28.8 Å². The fraction of sp³-hybridized carbons (Fsp3) is 0.500. The highest BCUT2D eigenvalue weighted by Crippen LogP contribution is 2.42. The van der Waals surface area contributed by atoms with Crippen LogP contribution in [0.25, 0.3) is 0 Å². The van der Waals surface area contributed by atoms with Crippen molar-refractivity contribution in [2.45, 2.75) is 39.7 Å². The first-order valence-electron chi connectivity index (χ1n) is 7.26. The first-order chi connectivity index (χ1) is 10.2. The van der Waals surface area contributed by atoms with Crippen LogP contribution in [0, 0.1) is 5.41 Å². The number of primary amides is 1. The van der Waals surface area contributed by atoms with Gasteiger partial charge in [-0.3, -0.25) is 4.79 Å². The molecule has 5 nitrogen and oxygen atoms in total. The molecule has 1 fully saturated rings. The first kappa shape index (κ1) is 16.6. The molecule has 1 heterocycles. The second-order valence-electron chi connectivity index (χ2n) is 6.54. The minimum Gasteiger partial charge on any atom is -0.441 e. The molecule has 120 valence electrons. The standard InChI is InChI=1S/C16H21ClN2O3/c1-16(2,3)14(22-15(18)21)11-9-10(17)6-7-12(11)19-8-4-5-13(19)20/h6-7,9,14H,4-5,8H2,1-3H3,(H2,18,21). The average molecular weight is 325 g/mol. The number of halogens is 1. The number of amides is 2. The Bertz CT molecular complexity index is 596. The normalized spacial score (nSPS) is 16.7. The Hall–Kier alpha value is -1.75. The number of anilines is 1. The zero-order valence-electron chi connectivity index (χ0n) is 13.1. The number of hydrogen-bond acceptors (Lipinski definition) is 3. The van der Waals surface area contributed by atoms with E-state index in [0.717, 1.165) is 12.1 Å². The van der Waals surface area contributed by atoms with Crippen LogP contribution < -0.4 is 10.6 Å². The molecule has 1 saturated heterocycles. The van der Waals surface area contributed by atoms with Crippen LogP contribution in [0.5, 0.6) is 0 Å². The number of carbonyl (C=O) groups excluding carboxylic acids is 2. The Morgan fingerprint density at radius 1 is 1.41 bits per heavy atom. The number of nitrogens with two attached hydrogens (primary N) is 1.